The van der Waals surface area contributed by atoms with Crippen LogP contribution in [-0.4, -0.2) is 22.8 Å². The van der Waals surface area contributed by atoms with Gasteiger partial charge < -0.3 is 10.6 Å². The lowest BCUT2D eigenvalue weighted by molar-refractivity contribution is 0.0933. The number of aromatic nitrogens is 1. The highest BCUT2D eigenvalue weighted by Crippen LogP contribution is 2.18. The van der Waals surface area contributed by atoms with Crippen molar-refractivity contribution in [2.75, 3.05) is 5.32 Å². The second kappa shape index (κ2) is 8.81. The highest BCUT2D eigenvalue weighted by molar-refractivity contribution is 6.31. The highest BCUT2D eigenvalue weighted by Gasteiger charge is 2.17. The third-order valence-corrected chi connectivity index (χ3v) is 4.77. The van der Waals surface area contributed by atoms with Crippen LogP contribution in [0, 0.1) is 0 Å². The van der Waals surface area contributed by atoms with E-state index >= 15 is 0 Å². The Morgan fingerprint density at radius 2 is 1.65 bits per heavy atom. The number of benzene rings is 1. The summed E-state index contributed by atoms with van der Waals surface area (Å²) in [6.45, 7) is 0. The normalized spacial score (nSPS) is 15.1. The molecule has 0 spiro atoms. The maximum absolute atomic E-state index is 12.5. The summed E-state index contributed by atoms with van der Waals surface area (Å²) in [4.78, 5) is 29.0. The van der Waals surface area contributed by atoms with Crippen molar-refractivity contribution >= 4 is 29.1 Å². The zero-order chi connectivity index (χ0) is 18.4. The van der Waals surface area contributed by atoms with Gasteiger partial charge in [-0.25, -0.2) is 0 Å². The number of carbonyl (C=O) groups excluding carboxylic acids is 2. The number of hydrogen-bond acceptors (Lipinski definition) is 3. The van der Waals surface area contributed by atoms with Gasteiger partial charge in [0.1, 0.15) is 0 Å². The molecule has 1 heterocycles. The molecule has 136 valence electrons. The van der Waals surface area contributed by atoms with Crippen LogP contribution >= 0.6 is 11.6 Å². The molecule has 2 amide bonds. The summed E-state index contributed by atoms with van der Waals surface area (Å²) in [5.41, 5.74) is 1.32. The molecule has 1 aromatic carbocycles. The number of amides is 2. The molecule has 2 N–H and O–H groups in total. The molecule has 2 aromatic rings. The fourth-order valence-corrected chi connectivity index (χ4v) is 3.34. The minimum atomic E-state index is -0.330. The van der Waals surface area contributed by atoms with Gasteiger partial charge in [-0.1, -0.05) is 43.4 Å². The SMILES string of the molecule is O=C(Nc1cccc(Cl)c1)c1cncc(C(=O)NC2CCCCCC2)c1. The number of nitrogens with zero attached hydrogens (tertiary/aromatic N) is 1. The average molecular weight is 372 g/mol. The molecule has 6 heteroatoms. The monoisotopic (exact) mass is 371 g/mol. The van der Waals surface area contributed by atoms with Crippen LogP contribution in [-0.2, 0) is 0 Å². The molecule has 0 bridgehead atoms. The van der Waals surface area contributed by atoms with E-state index in [2.05, 4.69) is 15.6 Å². The average Bonchev–Trinajstić information content (AvgIpc) is 2.90. The Morgan fingerprint density at radius 1 is 0.962 bits per heavy atom. The summed E-state index contributed by atoms with van der Waals surface area (Å²) in [7, 11) is 0. The molecule has 1 saturated carbocycles. The highest BCUT2D eigenvalue weighted by atomic mass is 35.5. The van der Waals surface area contributed by atoms with Gasteiger partial charge in [0.25, 0.3) is 11.8 Å². The molecule has 0 atom stereocenters. The Kier molecular flexibility index (Phi) is 6.23. The quantitative estimate of drug-likeness (QED) is 0.780. The standard InChI is InChI=1S/C20H22ClN3O2/c21-16-6-5-9-18(11-16)24-20(26)15-10-14(12-22-13-15)19(25)23-17-7-3-1-2-4-8-17/h5-6,9-13,17H,1-4,7-8H2,(H,23,25)(H,24,26). The first-order chi connectivity index (χ1) is 12.6. The predicted octanol–water partition coefficient (Wildman–Crippen LogP) is 4.44. The van der Waals surface area contributed by atoms with Crippen molar-refractivity contribution in [1.29, 1.82) is 0 Å². The zero-order valence-corrected chi connectivity index (χ0v) is 15.3. The van der Waals surface area contributed by atoms with Gasteiger partial charge in [0, 0.05) is 29.1 Å². The van der Waals surface area contributed by atoms with Crippen LogP contribution in [0.15, 0.2) is 42.7 Å². The first-order valence-electron chi connectivity index (χ1n) is 8.94. The number of halogens is 1. The maximum Gasteiger partial charge on any atom is 0.257 e. The fourth-order valence-electron chi connectivity index (χ4n) is 3.15. The van der Waals surface area contributed by atoms with Crippen molar-refractivity contribution in [1.82, 2.24) is 10.3 Å². The first kappa shape index (κ1) is 18.4. The summed E-state index contributed by atoms with van der Waals surface area (Å²) in [6, 6.07) is 8.67. The van der Waals surface area contributed by atoms with Gasteiger partial charge >= 0.3 is 0 Å². The largest absolute Gasteiger partial charge is 0.349 e. The minimum Gasteiger partial charge on any atom is -0.349 e. The van der Waals surface area contributed by atoms with Gasteiger partial charge in [-0.3, -0.25) is 14.6 Å². The Bertz CT molecular complexity index is 786. The molecule has 1 aromatic heterocycles. The van der Waals surface area contributed by atoms with E-state index in [-0.39, 0.29) is 17.9 Å². The molecule has 3 rings (SSSR count). The van der Waals surface area contributed by atoms with E-state index in [1.54, 1.807) is 30.3 Å². The zero-order valence-electron chi connectivity index (χ0n) is 14.5. The lowest BCUT2D eigenvalue weighted by atomic mass is 10.1. The molecular formula is C20H22ClN3O2. The topological polar surface area (TPSA) is 71.1 Å². The third-order valence-electron chi connectivity index (χ3n) is 4.54. The van der Waals surface area contributed by atoms with Crippen LogP contribution in [0.2, 0.25) is 5.02 Å². The molecule has 1 fully saturated rings. The van der Waals surface area contributed by atoms with Gasteiger partial charge in [-0.15, -0.1) is 0 Å². The number of anilines is 1. The number of carbonyl (C=O) groups is 2. The van der Waals surface area contributed by atoms with Crippen LogP contribution in [0.5, 0.6) is 0 Å². The van der Waals surface area contributed by atoms with Gasteiger partial charge in [-0.05, 0) is 37.1 Å². The van der Waals surface area contributed by atoms with Crippen LogP contribution in [0.1, 0.15) is 59.2 Å². The molecular weight excluding hydrogens is 350 g/mol. The van der Waals surface area contributed by atoms with Crippen LogP contribution in [0.4, 0.5) is 5.69 Å². The van der Waals surface area contributed by atoms with Gasteiger partial charge in [-0.2, -0.15) is 0 Å². The van der Waals surface area contributed by atoms with Gasteiger partial charge in [0.2, 0.25) is 0 Å². The van der Waals surface area contributed by atoms with E-state index in [1.165, 1.54) is 25.2 Å². The first-order valence-corrected chi connectivity index (χ1v) is 9.32. The summed E-state index contributed by atoms with van der Waals surface area (Å²) < 4.78 is 0. The Balaban J connectivity index is 1.66. The van der Waals surface area contributed by atoms with Crippen molar-refractivity contribution in [2.24, 2.45) is 0 Å². The van der Waals surface area contributed by atoms with E-state index in [1.807, 2.05) is 0 Å². The molecule has 26 heavy (non-hydrogen) atoms. The molecule has 1 aliphatic rings. The second-order valence-corrected chi connectivity index (χ2v) is 7.03. The Morgan fingerprint density at radius 3 is 2.35 bits per heavy atom. The van der Waals surface area contributed by atoms with Crippen LogP contribution in [0.25, 0.3) is 0 Å². The molecule has 0 aliphatic heterocycles. The second-order valence-electron chi connectivity index (χ2n) is 6.59. The van der Waals surface area contributed by atoms with E-state index in [0.29, 0.717) is 21.8 Å². The van der Waals surface area contributed by atoms with Crippen molar-refractivity contribution in [3.8, 4) is 0 Å². The van der Waals surface area contributed by atoms with E-state index < -0.39 is 0 Å². The lowest BCUT2D eigenvalue weighted by Crippen LogP contribution is -2.34. The Hall–Kier alpha value is -2.40. The van der Waals surface area contributed by atoms with Crippen molar-refractivity contribution in [2.45, 2.75) is 44.6 Å². The lowest BCUT2D eigenvalue weighted by Gasteiger charge is -2.16. The summed E-state index contributed by atoms with van der Waals surface area (Å²) in [5.74, 6) is -0.509. The fraction of sp³-hybridized carbons (Fsp3) is 0.350. The van der Waals surface area contributed by atoms with Crippen molar-refractivity contribution in [3.63, 3.8) is 0 Å². The summed E-state index contributed by atoms with van der Waals surface area (Å²) in [5, 5.41) is 6.37. The summed E-state index contributed by atoms with van der Waals surface area (Å²) >= 11 is 5.93. The smallest absolute Gasteiger partial charge is 0.257 e. The van der Waals surface area contributed by atoms with Crippen molar-refractivity contribution < 1.29 is 9.59 Å². The Labute approximate surface area is 158 Å². The number of hydrogen-bond donors (Lipinski definition) is 2. The van der Waals surface area contributed by atoms with Crippen molar-refractivity contribution in [3.05, 3.63) is 58.9 Å². The third kappa shape index (κ3) is 5.05. The number of pyridine rings is 1. The summed E-state index contributed by atoms with van der Waals surface area (Å²) in [6.07, 6.45) is 9.70. The molecule has 0 saturated heterocycles. The predicted molar refractivity (Wildman–Crippen MR) is 103 cm³/mol. The number of nitrogens with one attached hydrogen (secondary N) is 2. The van der Waals surface area contributed by atoms with E-state index in [9.17, 15) is 9.59 Å². The van der Waals surface area contributed by atoms with Crippen LogP contribution < -0.4 is 10.6 Å². The van der Waals surface area contributed by atoms with Gasteiger partial charge in [0.05, 0.1) is 11.1 Å². The van der Waals surface area contributed by atoms with E-state index in [4.69, 9.17) is 11.6 Å². The van der Waals surface area contributed by atoms with Crippen LogP contribution in [0.3, 0.4) is 0 Å². The molecule has 0 radical (unpaired) electrons. The maximum atomic E-state index is 12.5. The van der Waals surface area contributed by atoms with Gasteiger partial charge in [0.15, 0.2) is 0 Å². The molecule has 5 nitrogen and oxygen atoms in total. The minimum absolute atomic E-state index is 0.179. The van der Waals surface area contributed by atoms with E-state index in [0.717, 1.165) is 25.7 Å². The molecule has 1 aliphatic carbocycles. The molecule has 0 unspecified atom stereocenters. The number of rotatable bonds is 4.